The lowest BCUT2D eigenvalue weighted by Crippen LogP contribution is -2.29. The molecule has 42 heavy (non-hydrogen) atoms. The average Bonchev–Trinajstić information content (AvgIpc) is 3.62. The third kappa shape index (κ3) is 6.90. The van der Waals surface area contributed by atoms with Gasteiger partial charge in [0.05, 0.1) is 16.2 Å². The van der Waals surface area contributed by atoms with Gasteiger partial charge in [0.2, 0.25) is 0 Å². The largest absolute Gasteiger partial charge is 0.416 e. The number of halogens is 7. The second-order valence-electron chi connectivity index (χ2n) is 11.6. The molecule has 0 bridgehead atoms. The van der Waals surface area contributed by atoms with E-state index in [-0.39, 0.29) is 29.8 Å². The van der Waals surface area contributed by atoms with Crippen LogP contribution in [0.1, 0.15) is 79.3 Å². The molecule has 3 nitrogen and oxygen atoms in total. The number of benzene rings is 2. The van der Waals surface area contributed by atoms with E-state index in [1.807, 2.05) is 0 Å². The fourth-order valence-corrected chi connectivity index (χ4v) is 9.69. The number of allylic oxidation sites excluding steroid dienone is 1. The van der Waals surface area contributed by atoms with Crippen molar-refractivity contribution in [2.24, 2.45) is 16.0 Å². The highest BCUT2D eigenvalue weighted by atomic mass is 35.5. The fourth-order valence-electron chi connectivity index (χ4n) is 6.56. The van der Waals surface area contributed by atoms with Crippen molar-refractivity contribution in [1.29, 1.82) is 0 Å². The molecule has 2 aliphatic carbocycles. The maximum Gasteiger partial charge on any atom is 0.416 e. The Labute approximate surface area is 251 Å². The number of aryl methyl sites for hydroxylation is 2. The monoisotopic (exact) mass is 633 g/mol. The van der Waals surface area contributed by atoms with E-state index in [0.29, 0.717) is 22.4 Å². The molecule has 2 aromatic carbocycles. The highest BCUT2D eigenvalue weighted by molar-refractivity contribution is 8.34. The van der Waals surface area contributed by atoms with Crippen LogP contribution >= 0.6 is 22.6 Å². The van der Waals surface area contributed by atoms with E-state index >= 15 is 0 Å². The quantitative estimate of drug-likeness (QED) is 0.294. The molecule has 11 heteroatoms. The maximum atomic E-state index is 13.7. The van der Waals surface area contributed by atoms with E-state index < -0.39 is 33.7 Å². The Morgan fingerprint density at radius 3 is 2.00 bits per heavy atom. The lowest BCUT2D eigenvalue weighted by molar-refractivity contribution is -0.143. The van der Waals surface area contributed by atoms with Crippen LogP contribution in [-0.2, 0) is 36.7 Å². The van der Waals surface area contributed by atoms with E-state index in [1.54, 1.807) is 13.0 Å². The van der Waals surface area contributed by atoms with Gasteiger partial charge in [-0.25, -0.2) is 4.40 Å². The summed E-state index contributed by atoms with van der Waals surface area (Å²) in [7, 11) is -2.36. The van der Waals surface area contributed by atoms with Gasteiger partial charge < -0.3 is 10.6 Å². The fraction of sp³-hybridized carbons (Fsp3) is 0.516. The van der Waals surface area contributed by atoms with Crippen molar-refractivity contribution in [1.82, 2.24) is 0 Å². The molecule has 1 unspecified atom stereocenters. The Hall–Kier alpha value is -2.33. The molecule has 0 saturated heterocycles. The SMILES string of the molecule is CCN(CC1CCCC1)c1cc2c(cc1CS1(Cc3cc(C(F)(F)F)cc(C(F)(F)F)c3)N=C(C)C=C1N)CCC2.Cl. The van der Waals surface area contributed by atoms with Gasteiger partial charge >= 0.3 is 12.4 Å². The van der Waals surface area contributed by atoms with Gasteiger partial charge in [-0.15, -0.1) is 12.4 Å². The molecule has 1 atom stereocenters. The van der Waals surface area contributed by atoms with Gasteiger partial charge in [0.15, 0.2) is 0 Å². The number of hydrogen-bond acceptors (Lipinski definition) is 3. The van der Waals surface area contributed by atoms with Gasteiger partial charge in [-0.05, 0) is 104 Å². The molecule has 232 valence electrons. The van der Waals surface area contributed by atoms with E-state index in [0.717, 1.165) is 55.7 Å². The van der Waals surface area contributed by atoms with E-state index in [9.17, 15) is 26.3 Å². The molecule has 0 amide bonds. The van der Waals surface area contributed by atoms with Gasteiger partial charge in [0.25, 0.3) is 0 Å². The molecule has 1 heterocycles. The first kappa shape index (κ1) is 32.6. The second kappa shape index (κ2) is 12.3. The van der Waals surface area contributed by atoms with Gasteiger partial charge in [0, 0.05) is 36.0 Å². The van der Waals surface area contributed by atoms with Crippen LogP contribution in [0.5, 0.6) is 0 Å². The van der Waals surface area contributed by atoms with E-state index in [1.165, 1.54) is 36.8 Å². The number of fused-ring (bicyclic) bond motifs is 1. The number of hydrogen-bond donors (Lipinski definition) is 1. The van der Waals surface area contributed by atoms with Crippen LogP contribution in [-0.4, -0.2) is 18.8 Å². The number of rotatable bonds is 8. The summed E-state index contributed by atoms with van der Waals surface area (Å²) in [6.07, 6.45) is -0.220. The first-order valence-corrected chi connectivity index (χ1v) is 16.2. The minimum atomic E-state index is -4.91. The number of nitrogens with zero attached hydrogens (tertiary/aromatic N) is 2. The number of alkyl halides is 6. The predicted octanol–water partition coefficient (Wildman–Crippen LogP) is 9.35. The van der Waals surface area contributed by atoms with Crippen molar-refractivity contribution in [2.75, 3.05) is 18.0 Å². The first-order valence-electron chi connectivity index (χ1n) is 14.3. The molecule has 5 rings (SSSR count). The summed E-state index contributed by atoms with van der Waals surface area (Å²) in [6.45, 7) is 5.64. The van der Waals surface area contributed by atoms with Crippen LogP contribution in [0.15, 0.2) is 45.8 Å². The number of anilines is 1. The van der Waals surface area contributed by atoms with Crippen LogP contribution in [0.4, 0.5) is 32.0 Å². The van der Waals surface area contributed by atoms with Gasteiger partial charge in [-0.2, -0.15) is 26.3 Å². The molecule has 0 radical (unpaired) electrons. The first-order chi connectivity index (χ1) is 19.3. The molecule has 0 aromatic heterocycles. The van der Waals surface area contributed by atoms with Crippen LogP contribution in [0.3, 0.4) is 0 Å². The Morgan fingerprint density at radius 1 is 0.881 bits per heavy atom. The molecule has 2 N–H and O–H groups in total. The molecule has 2 aromatic rings. The van der Waals surface area contributed by atoms with Crippen LogP contribution < -0.4 is 10.6 Å². The van der Waals surface area contributed by atoms with Crippen molar-refractivity contribution >= 4 is 34.0 Å². The Morgan fingerprint density at radius 2 is 1.48 bits per heavy atom. The Balaban J connectivity index is 0.00000405. The zero-order valence-corrected chi connectivity index (χ0v) is 25.5. The van der Waals surface area contributed by atoms with Crippen LogP contribution in [0, 0.1) is 5.92 Å². The third-order valence-corrected chi connectivity index (χ3v) is 11.8. The summed E-state index contributed by atoms with van der Waals surface area (Å²) in [6, 6.07) is 6.29. The smallest absolute Gasteiger partial charge is 0.393 e. The van der Waals surface area contributed by atoms with Gasteiger partial charge in [0.1, 0.15) is 0 Å². The standard InChI is InChI=1S/C31H37F6N3S.ClH/c1-3-40(17-21-7-4-5-8-21)28-15-24-10-6-9-23(24)14-25(28)19-41(29(38)11-20(2)39-41)18-22-12-26(30(32,33)34)16-27(13-22)31(35,36)37;/h11-16,21H,3-10,17-19,38H2,1-2H3;1H. The minimum absolute atomic E-state index is 0. The van der Waals surface area contributed by atoms with Crippen molar-refractivity contribution in [3.8, 4) is 0 Å². The second-order valence-corrected chi connectivity index (χ2v) is 14.5. The Bertz CT molecular complexity index is 1330. The summed E-state index contributed by atoms with van der Waals surface area (Å²) < 4.78 is 87.0. The minimum Gasteiger partial charge on any atom is -0.393 e. The summed E-state index contributed by atoms with van der Waals surface area (Å²) in [5.74, 6) is 0.888. The topological polar surface area (TPSA) is 41.6 Å². The zero-order chi connectivity index (χ0) is 29.6. The molecular weight excluding hydrogens is 596 g/mol. The average molecular weight is 634 g/mol. The normalized spacial score (nSPS) is 22.3. The van der Waals surface area contributed by atoms with Crippen LogP contribution in [0.2, 0.25) is 0 Å². The lowest BCUT2D eigenvalue weighted by Gasteiger charge is -2.37. The predicted molar refractivity (Wildman–Crippen MR) is 162 cm³/mol. The summed E-state index contributed by atoms with van der Waals surface area (Å²) in [5, 5.41) is 0.436. The lowest BCUT2D eigenvalue weighted by atomic mass is 10.0. The molecule has 1 aliphatic heterocycles. The van der Waals surface area contributed by atoms with Crippen LogP contribution in [0.25, 0.3) is 0 Å². The van der Waals surface area contributed by atoms with Crippen molar-refractivity contribution in [3.63, 3.8) is 0 Å². The van der Waals surface area contributed by atoms with Crippen molar-refractivity contribution in [2.45, 2.75) is 82.7 Å². The summed E-state index contributed by atoms with van der Waals surface area (Å²) in [4.78, 5) is 2.40. The van der Waals surface area contributed by atoms with E-state index in [4.69, 9.17) is 10.1 Å². The molecule has 1 fully saturated rings. The molecule has 1 saturated carbocycles. The maximum absolute atomic E-state index is 13.7. The highest BCUT2D eigenvalue weighted by Crippen LogP contribution is 2.63. The Kier molecular flexibility index (Phi) is 9.58. The summed E-state index contributed by atoms with van der Waals surface area (Å²) >= 11 is 0. The number of nitrogens with two attached hydrogens (primary N) is 1. The molecule has 3 aliphatic rings. The van der Waals surface area contributed by atoms with Crippen molar-refractivity contribution in [3.05, 3.63) is 74.8 Å². The van der Waals surface area contributed by atoms with Gasteiger partial charge in [-0.3, -0.25) is 0 Å². The van der Waals surface area contributed by atoms with Gasteiger partial charge in [-0.1, -0.05) is 29.1 Å². The summed E-state index contributed by atoms with van der Waals surface area (Å²) in [5.41, 5.74) is 9.23. The molecule has 0 spiro atoms. The van der Waals surface area contributed by atoms with Crippen molar-refractivity contribution < 1.29 is 26.3 Å². The third-order valence-electron chi connectivity index (χ3n) is 8.52. The van der Waals surface area contributed by atoms with E-state index in [2.05, 4.69) is 24.0 Å². The molecular formula is C31H38ClF6N3S. The highest BCUT2D eigenvalue weighted by Gasteiger charge is 2.39. The zero-order valence-electron chi connectivity index (χ0n) is 23.9.